The number of fused-ring (bicyclic) bond motifs is 8. The lowest BCUT2D eigenvalue weighted by molar-refractivity contribution is 0.672. The van der Waals surface area contributed by atoms with Crippen molar-refractivity contribution in [2.24, 2.45) is 0 Å². The molecular weight excluding hydrogens is 759 g/mol. The van der Waals surface area contributed by atoms with Gasteiger partial charge in [-0.3, -0.25) is 0 Å². The Kier molecular flexibility index (Phi) is 8.39. The molecule has 0 atom stereocenters. The average Bonchev–Trinajstić information content (AvgIpc) is 3.92. The van der Waals surface area contributed by atoms with Crippen LogP contribution in [0.2, 0.25) is 0 Å². The minimum Gasteiger partial charge on any atom is -0.455 e. The Morgan fingerprint density at radius 1 is 0.344 bits per heavy atom. The maximum Gasteiger partial charge on any atom is 0.143 e. The molecule has 2 aromatic heterocycles. The van der Waals surface area contributed by atoms with Gasteiger partial charge in [-0.2, -0.15) is 0 Å². The minimum atomic E-state index is 0.865. The van der Waals surface area contributed by atoms with Crippen LogP contribution in [0.3, 0.4) is 0 Å². The molecule has 0 unspecified atom stereocenters. The molecule has 0 saturated carbocycles. The van der Waals surface area contributed by atoms with E-state index in [4.69, 9.17) is 4.42 Å². The molecule has 12 rings (SSSR count). The van der Waals surface area contributed by atoms with Crippen molar-refractivity contribution in [3.05, 3.63) is 224 Å². The van der Waals surface area contributed by atoms with Gasteiger partial charge in [-0.15, -0.1) is 11.3 Å². The second-order valence-electron chi connectivity index (χ2n) is 15.6. The Bertz CT molecular complexity index is 3570. The van der Waals surface area contributed by atoms with Gasteiger partial charge in [0.2, 0.25) is 0 Å². The lowest BCUT2D eigenvalue weighted by Gasteiger charge is -2.27. The average molecular weight is 796 g/mol. The molecule has 286 valence electrons. The molecule has 10 aromatic carbocycles. The van der Waals surface area contributed by atoms with E-state index in [1.807, 2.05) is 11.3 Å². The van der Waals surface area contributed by atoms with E-state index in [9.17, 15) is 0 Å². The van der Waals surface area contributed by atoms with Crippen molar-refractivity contribution >= 4 is 81.3 Å². The molecule has 0 fully saturated rings. The molecule has 61 heavy (non-hydrogen) atoms. The molecule has 12 aromatic rings. The van der Waals surface area contributed by atoms with Crippen LogP contribution in [0.4, 0.5) is 17.1 Å². The van der Waals surface area contributed by atoms with Gasteiger partial charge in [-0.05, 0) is 117 Å². The quantitative estimate of drug-likeness (QED) is 0.160. The van der Waals surface area contributed by atoms with Gasteiger partial charge in [0.1, 0.15) is 11.2 Å². The van der Waals surface area contributed by atoms with Crippen molar-refractivity contribution in [3.8, 4) is 44.5 Å². The number of furan rings is 1. The number of anilines is 3. The van der Waals surface area contributed by atoms with Crippen LogP contribution in [0, 0.1) is 0 Å². The van der Waals surface area contributed by atoms with Gasteiger partial charge in [0.15, 0.2) is 0 Å². The van der Waals surface area contributed by atoms with Crippen molar-refractivity contribution in [1.29, 1.82) is 0 Å². The number of hydrogen-bond donors (Lipinski definition) is 0. The first-order chi connectivity index (χ1) is 30.2. The molecule has 0 radical (unpaired) electrons. The first kappa shape index (κ1) is 35.2. The van der Waals surface area contributed by atoms with Gasteiger partial charge in [0, 0.05) is 42.3 Å². The van der Waals surface area contributed by atoms with Gasteiger partial charge in [0.25, 0.3) is 0 Å². The fourth-order valence-electron chi connectivity index (χ4n) is 9.11. The van der Waals surface area contributed by atoms with Crippen LogP contribution in [0.25, 0.3) is 97.4 Å². The van der Waals surface area contributed by atoms with Gasteiger partial charge in [-0.1, -0.05) is 158 Å². The summed E-state index contributed by atoms with van der Waals surface area (Å²) in [6.45, 7) is 0. The lowest BCUT2D eigenvalue weighted by Crippen LogP contribution is -2.10. The molecular formula is C58H37NOS. The highest BCUT2D eigenvalue weighted by molar-refractivity contribution is 7.25. The van der Waals surface area contributed by atoms with E-state index >= 15 is 0 Å². The van der Waals surface area contributed by atoms with Gasteiger partial charge in [0.05, 0.1) is 11.1 Å². The molecule has 0 aliphatic rings. The third-order valence-corrected chi connectivity index (χ3v) is 13.2. The predicted molar refractivity (Wildman–Crippen MR) is 261 cm³/mol. The van der Waals surface area contributed by atoms with Crippen molar-refractivity contribution in [1.82, 2.24) is 0 Å². The van der Waals surface area contributed by atoms with Crippen molar-refractivity contribution in [2.75, 3.05) is 4.90 Å². The zero-order chi connectivity index (χ0) is 40.3. The van der Waals surface area contributed by atoms with E-state index < -0.39 is 0 Å². The third-order valence-electron chi connectivity index (χ3n) is 12.1. The third kappa shape index (κ3) is 6.09. The highest BCUT2D eigenvalue weighted by Crippen LogP contribution is 2.46. The molecule has 0 aliphatic carbocycles. The smallest absolute Gasteiger partial charge is 0.143 e. The van der Waals surface area contributed by atoms with E-state index in [1.54, 1.807) is 0 Å². The van der Waals surface area contributed by atoms with Crippen molar-refractivity contribution < 1.29 is 4.42 Å². The van der Waals surface area contributed by atoms with E-state index in [1.165, 1.54) is 64.5 Å². The number of benzene rings is 10. The molecule has 0 saturated heterocycles. The van der Waals surface area contributed by atoms with Crippen LogP contribution in [-0.4, -0.2) is 0 Å². The first-order valence-electron chi connectivity index (χ1n) is 20.7. The summed E-state index contributed by atoms with van der Waals surface area (Å²) in [6, 6.07) is 81.1. The Morgan fingerprint density at radius 2 is 0.934 bits per heavy atom. The van der Waals surface area contributed by atoms with Gasteiger partial charge in [-0.25, -0.2) is 0 Å². The molecule has 0 bridgehead atoms. The second-order valence-corrected chi connectivity index (χ2v) is 16.7. The molecule has 2 nitrogen and oxygen atoms in total. The minimum absolute atomic E-state index is 0.865. The Balaban J connectivity index is 1.00. The molecule has 0 aliphatic heterocycles. The Morgan fingerprint density at radius 3 is 1.72 bits per heavy atom. The SMILES string of the molecule is c1ccc(-c2ccc(-c3ccc(N(c4ccc(-c5ccc6sc7ccccc7c6c5)cc4)c4cccc5oc6c7ccccc7ccc6c45)cc3)c(-c3ccccc3)c2)cc1. The van der Waals surface area contributed by atoms with Crippen LogP contribution in [0.5, 0.6) is 0 Å². The van der Waals surface area contributed by atoms with Crippen LogP contribution < -0.4 is 4.90 Å². The van der Waals surface area contributed by atoms with Gasteiger partial charge >= 0.3 is 0 Å². The molecule has 0 N–H and O–H groups in total. The normalized spacial score (nSPS) is 11.6. The maximum absolute atomic E-state index is 6.71. The largest absolute Gasteiger partial charge is 0.455 e. The number of thiophene rings is 1. The number of rotatable bonds is 7. The van der Waals surface area contributed by atoms with Crippen molar-refractivity contribution in [2.45, 2.75) is 0 Å². The summed E-state index contributed by atoms with van der Waals surface area (Å²) in [5.74, 6) is 0. The maximum atomic E-state index is 6.71. The van der Waals surface area contributed by atoms with E-state index in [2.05, 4.69) is 229 Å². The molecule has 0 amide bonds. The monoisotopic (exact) mass is 795 g/mol. The second kappa shape index (κ2) is 14.5. The zero-order valence-corrected chi connectivity index (χ0v) is 33.9. The molecule has 3 heteroatoms. The first-order valence-corrected chi connectivity index (χ1v) is 21.6. The summed E-state index contributed by atoms with van der Waals surface area (Å²) in [6.07, 6.45) is 0. The Labute approximate surface area is 357 Å². The van der Waals surface area contributed by atoms with Crippen LogP contribution in [-0.2, 0) is 0 Å². The molecule has 0 spiro atoms. The van der Waals surface area contributed by atoms with Crippen molar-refractivity contribution in [3.63, 3.8) is 0 Å². The Hall–Kier alpha value is -7.72. The summed E-state index contributed by atoms with van der Waals surface area (Å²) in [5, 5.41) is 7.09. The highest BCUT2D eigenvalue weighted by Gasteiger charge is 2.21. The number of nitrogens with zero attached hydrogens (tertiary/aromatic N) is 1. The predicted octanol–water partition coefficient (Wildman–Crippen LogP) is 17.2. The van der Waals surface area contributed by atoms with Crippen LogP contribution in [0.15, 0.2) is 229 Å². The summed E-state index contributed by atoms with van der Waals surface area (Å²) >= 11 is 1.85. The van der Waals surface area contributed by atoms with Crippen LogP contribution in [0.1, 0.15) is 0 Å². The zero-order valence-electron chi connectivity index (χ0n) is 33.1. The summed E-state index contributed by atoms with van der Waals surface area (Å²) in [4.78, 5) is 2.38. The van der Waals surface area contributed by atoms with E-state index in [0.29, 0.717) is 0 Å². The van der Waals surface area contributed by atoms with Crippen LogP contribution >= 0.6 is 11.3 Å². The molecule has 2 heterocycles. The summed E-state index contributed by atoms with van der Waals surface area (Å²) in [5.41, 5.74) is 14.5. The summed E-state index contributed by atoms with van der Waals surface area (Å²) in [7, 11) is 0. The highest BCUT2D eigenvalue weighted by atomic mass is 32.1. The summed E-state index contributed by atoms with van der Waals surface area (Å²) < 4.78 is 9.35. The lowest BCUT2D eigenvalue weighted by atomic mass is 9.91. The fraction of sp³-hybridized carbons (Fsp3) is 0. The topological polar surface area (TPSA) is 16.4 Å². The fourth-order valence-corrected chi connectivity index (χ4v) is 10.2. The number of hydrogen-bond acceptors (Lipinski definition) is 3. The van der Waals surface area contributed by atoms with Gasteiger partial charge < -0.3 is 9.32 Å². The van der Waals surface area contributed by atoms with E-state index in [0.717, 1.165) is 50.0 Å². The standard InChI is InChI=1S/C58H37NOS/c1-3-12-38(13-4-1)43-27-33-47(51(36-43)40-14-5-2-6-15-40)42-24-31-46(32-25-42)59(53-19-11-20-54-57(53)50-34-26-41-16-7-8-17-48(41)58(50)60-54)45-29-22-39(23-30-45)44-28-35-56-52(37-44)49-18-9-10-21-55(49)61-56/h1-37H. The van der Waals surface area contributed by atoms with E-state index in [-0.39, 0.29) is 0 Å².